The van der Waals surface area contributed by atoms with Gasteiger partial charge in [0.2, 0.25) is 0 Å². The third-order valence-corrected chi connectivity index (χ3v) is 4.61. The summed E-state index contributed by atoms with van der Waals surface area (Å²) in [6.45, 7) is 14.4. The summed E-state index contributed by atoms with van der Waals surface area (Å²) < 4.78 is 5.86. The fraction of sp³-hybridized carbons (Fsp3) is 0.765. The summed E-state index contributed by atoms with van der Waals surface area (Å²) in [6, 6.07) is 2.24. The van der Waals surface area contributed by atoms with Crippen molar-refractivity contribution in [2.75, 3.05) is 19.6 Å². The highest BCUT2D eigenvalue weighted by Crippen LogP contribution is 2.25. The van der Waals surface area contributed by atoms with Crippen LogP contribution in [0.5, 0.6) is 0 Å². The molecule has 2 unspecified atom stereocenters. The molecule has 114 valence electrons. The van der Waals surface area contributed by atoms with Gasteiger partial charge in [0.25, 0.3) is 0 Å². The fourth-order valence-electron chi connectivity index (χ4n) is 2.95. The fourth-order valence-corrected chi connectivity index (χ4v) is 2.95. The predicted molar refractivity (Wildman–Crippen MR) is 83.7 cm³/mol. The Kier molecular flexibility index (Phi) is 5.67. The minimum absolute atomic E-state index is 0.807. The highest BCUT2D eigenvalue weighted by molar-refractivity contribution is 5.20. The van der Waals surface area contributed by atoms with Gasteiger partial charge < -0.3 is 9.73 Å². The Morgan fingerprint density at radius 1 is 1.35 bits per heavy atom. The second-order valence-electron chi connectivity index (χ2n) is 6.45. The second-order valence-corrected chi connectivity index (χ2v) is 6.45. The van der Waals surface area contributed by atoms with E-state index in [2.05, 4.69) is 44.0 Å². The van der Waals surface area contributed by atoms with Crippen LogP contribution in [0.25, 0.3) is 0 Å². The third-order valence-electron chi connectivity index (χ3n) is 4.61. The number of furan rings is 1. The maximum atomic E-state index is 5.86. The van der Waals surface area contributed by atoms with Crippen LogP contribution in [0.2, 0.25) is 0 Å². The molecule has 2 rings (SSSR count). The van der Waals surface area contributed by atoms with Gasteiger partial charge in [0.05, 0.1) is 6.54 Å². The van der Waals surface area contributed by atoms with Crippen LogP contribution in [0, 0.1) is 18.8 Å². The molecule has 1 saturated heterocycles. The number of nitrogens with zero attached hydrogens (tertiary/aromatic N) is 1. The third kappa shape index (κ3) is 4.10. The first-order valence-corrected chi connectivity index (χ1v) is 8.11. The Balaban J connectivity index is 1.89. The topological polar surface area (TPSA) is 28.4 Å². The van der Waals surface area contributed by atoms with Crippen LogP contribution in [-0.2, 0) is 13.1 Å². The van der Waals surface area contributed by atoms with E-state index in [4.69, 9.17) is 4.42 Å². The smallest absolute Gasteiger partial charge is 0.118 e. The van der Waals surface area contributed by atoms with Gasteiger partial charge in [-0.2, -0.15) is 0 Å². The predicted octanol–water partition coefficient (Wildman–Crippen LogP) is 3.57. The molecule has 0 spiro atoms. The Hall–Kier alpha value is -0.800. The average Bonchev–Trinajstić information content (AvgIpc) is 2.75. The lowest BCUT2D eigenvalue weighted by Gasteiger charge is -2.35. The number of likely N-dealkylation sites (tertiary alicyclic amines) is 1. The second kappa shape index (κ2) is 7.28. The molecule has 2 heterocycles. The molecule has 3 nitrogen and oxygen atoms in total. The minimum Gasteiger partial charge on any atom is -0.465 e. The molecule has 0 amide bonds. The number of nitrogens with one attached hydrogen (secondary N) is 1. The molecule has 2 atom stereocenters. The first kappa shape index (κ1) is 15.6. The quantitative estimate of drug-likeness (QED) is 0.806. The summed E-state index contributed by atoms with van der Waals surface area (Å²) >= 11 is 0. The zero-order valence-electron chi connectivity index (χ0n) is 13.5. The van der Waals surface area contributed by atoms with Crippen LogP contribution < -0.4 is 5.32 Å². The zero-order chi connectivity index (χ0) is 14.5. The molecular weight excluding hydrogens is 248 g/mol. The van der Waals surface area contributed by atoms with Crippen LogP contribution >= 0.6 is 0 Å². The van der Waals surface area contributed by atoms with Crippen molar-refractivity contribution in [3.63, 3.8) is 0 Å². The maximum absolute atomic E-state index is 5.86. The van der Waals surface area contributed by atoms with E-state index < -0.39 is 0 Å². The largest absolute Gasteiger partial charge is 0.465 e. The van der Waals surface area contributed by atoms with Gasteiger partial charge in [-0.1, -0.05) is 20.8 Å². The molecule has 20 heavy (non-hydrogen) atoms. The van der Waals surface area contributed by atoms with Crippen molar-refractivity contribution >= 4 is 0 Å². The van der Waals surface area contributed by atoms with E-state index in [0.717, 1.165) is 49.4 Å². The number of piperidine rings is 1. The summed E-state index contributed by atoms with van der Waals surface area (Å²) in [5, 5.41) is 3.40. The summed E-state index contributed by atoms with van der Waals surface area (Å²) in [5.41, 5.74) is 1.36. The number of rotatable bonds is 6. The molecule has 0 aliphatic carbocycles. The monoisotopic (exact) mass is 278 g/mol. The lowest BCUT2D eigenvalue weighted by molar-refractivity contribution is 0.131. The van der Waals surface area contributed by atoms with Gasteiger partial charge in [0.1, 0.15) is 11.5 Å². The van der Waals surface area contributed by atoms with Gasteiger partial charge in [-0.15, -0.1) is 0 Å². The lowest BCUT2D eigenvalue weighted by Crippen LogP contribution is -2.37. The molecule has 0 saturated carbocycles. The average molecular weight is 278 g/mol. The van der Waals surface area contributed by atoms with Crippen LogP contribution in [0.15, 0.2) is 10.5 Å². The van der Waals surface area contributed by atoms with E-state index in [1.54, 1.807) is 0 Å². The Bertz CT molecular complexity index is 413. The molecule has 1 aromatic heterocycles. The van der Waals surface area contributed by atoms with Crippen LogP contribution in [-0.4, -0.2) is 24.5 Å². The molecule has 0 radical (unpaired) electrons. The Labute approximate surface area is 123 Å². The van der Waals surface area contributed by atoms with E-state index in [1.807, 2.05) is 0 Å². The van der Waals surface area contributed by atoms with E-state index in [-0.39, 0.29) is 0 Å². The molecule has 0 aromatic carbocycles. The van der Waals surface area contributed by atoms with Crippen molar-refractivity contribution < 1.29 is 4.42 Å². The molecule has 1 aliphatic rings. The zero-order valence-corrected chi connectivity index (χ0v) is 13.5. The highest BCUT2D eigenvalue weighted by atomic mass is 16.3. The van der Waals surface area contributed by atoms with Gasteiger partial charge in [0.15, 0.2) is 0 Å². The normalized spacial score (nSPS) is 24.2. The summed E-state index contributed by atoms with van der Waals surface area (Å²) in [6.07, 6.45) is 2.49. The number of hydrogen-bond donors (Lipinski definition) is 1. The molecule has 1 aromatic rings. The van der Waals surface area contributed by atoms with Crippen molar-refractivity contribution in [2.24, 2.45) is 11.8 Å². The van der Waals surface area contributed by atoms with Gasteiger partial charge in [0, 0.05) is 18.7 Å². The van der Waals surface area contributed by atoms with Gasteiger partial charge in [-0.05, 0) is 50.8 Å². The maximum Gasteiger partial charge on any atom is 0.118 e. The Morgan fingerprint density at radius 2 is 2.15 bits per heavy atom. The van der Waals surface area contributed by atoms with Crippen LogP contribution in [0.1, 0.15) is 50.7 Å². The lowest BCUT2D eigenvalue weighted by atomic mass is 9.88. The summed E-state index contributed by atoms with van der Waals surface area (Å²) in [4.78, 5) is 2.58. The van der Waals surface area contributed by atoms with Crippen molar-refractivity contribution in [1.29, 1.82) is 0 Å². The van der Waals surface area contributed by atoms with Crippen molar-refractivity contribution in [3.8, 4) is 0 Å². The summed E-state index contributed by atoms with van der Waals surface area (Å²) in [5.74, 6) is 3.83. The van der Waals surface area contributed by atoms with E-state index >= 15 is 0 Å². The van der Waals surface area contributed by atoms with E-state index in [9.17, 15) is 0 Å². The minimum atomic E-state index is 0.807. The molecule has 1 aliphatic heterocycles. The molecule has 1 N–H and O–H groups in total. The van der Waals surface area contributed by atoms with E-state index in [0.29, 0.717) is 0 Å². The van der Waals surface area contributed by atoms with Gasteiger partial charge in [-0.3, -0.25) is 4.90 Å². The van der Waals surface area contributed by atoms with Gasteiger partial charge >= 0.3 is 0 Å². The van der Waals surface area contributed by atoms with E-state index in [1.165, 1.54) is 25.1 Å². The molecule has 3 heteroatoms. The number of hydrogen-bond acceptors (Lipinski definition) is 3. The van der Waals surface area contributed by atoms with Crippen molar-refractivity contribution in [1.82, 2.24) is 10.2 Å². The summed E-state index contributed by atoms with van der Waals surface area (Å²) in [7, 11) is 0. The number of aryl methyl sites for hydroxylation is 1. The first-order chi connectivity index (χ1) is 9.60. The molecule has 1 fully saturated rings. The van der Waals surface area contributed by atoms with Crippen molar-refractivity contribution in [2.45, 2.75) is 53.6 Å². The SMILES string of the molecule is CCCNCc1cc(CN2CCC(C)C(C)C2)c(C)o1. The first-order valence-electron chi connectivity index (χ1n) is 8.11. The molecular formula is C17H30N2O. The van der Waals surface area contributed by atoms with Gasteiger partial charge in [-0.25, -0.2) is 0 Å². The van der Waals surface area contributed by atoms with Crippen LogP contribution in [0.3, 0.4) is 0 Å². The Morgan fingerprint density at radius 3 is 2.85 bits per heavy atom. The highest BCUT2D eigenvalue weighted by Gasteiger charge is 2.23. The molecule has 0 bridgehead atoms. The van der Waals surface area contributed by atoms with Crippen molar-refractivity contribution in [3.05, 3.63) is 23.2 Å². The van der Waals surface area contributed by atoms with Crippen LogP contribution in [0.4, 0.5) is 0 Å². The standard InChI is InChI=1S/C17H30N2O/c1-5-7-18-10-17-9-16(15(4)20-17)12-19-8-6-13(2)14(3)11-19/h9,13-14,18H,5-8,10-12H2,1-4H3.